The molecular weight excluding hydrogens is 428 g/mol. The summed E-state index contributed by atoms with van der Waals surface area (Å²) < 4.78 is 1.67. The Balaban J connectivity index is 1.57. The average molecular weight is 449 g/mol. The van der Waals surface area contributed by atoms with Crippen LogP contribution in [0.3, 0.4) is 0 Å². The molecule has 1 heterocycles. The zero-order chi connectivity index (χ0) is 22.6. The van der Waals surface area contributed by atoms with Crippen molar-refractivity contribution in [3.05, 3.63) is 141 Å². The highest BCUT2D eigenvalue weighted by atomic mass is 35.5. The second-order valence-electron chi connectivity index (χ2n) is 7.84. The van der Waals surface area contributed by atoms with Crippen molar-refractivity contribution in [2.45, 2.75) is 6.42 Å². The molecule has 0 bridgehead atoms. The third-order valence-corrected chi connectivity index (χ3v) is 5.79. The van der Waals surface area contributed by atoms with E-state index in [1.54, 1.807) is 4.57 Å². The number of aromatic nitrogens is 2. The van der Waals surface area contributed by atoms with Crippen LogP contribution in [0.1, 0.15) is 22.5 Å². The minimum Gasteiger partial charge on any atom is -0.268 e. The van der Waals surface area contributed by atoms with Gasteiger partial charge in [0.25, 0.3) is 5.56 Å². The summed E-state index contributed by atoms with van der Waals surface area (Å²) in [7, 11) is 0. The number of nitrogens with zero attached hydrogens (tertiary/aromatic N) is 2. The van der Waals surface area contributed by atoms with Gasteiger partial charge in [0, 0.05) is 5.02 Å². The molecule has 0 aliphatic carbocycles. The zero-order valence-electron chi connectivity index (χ0n) is 17.9. The van der Waals surface area contributed by atoms with Crippen molar-refractivity contribution in [3.8, 4) is 5.69 Å². The van der Waals surface area contributed by atoms with Gasteiger partial charge in [-0.2, -0.15) is 0 Å². The van der Waals surface area contributed by atoms with Gasteiger partial charge in [0.2, 0.25) is 0 Å². The first kappa shape index (κ1) is 20.9. The number of para-hydroxylation sites is 1. The summed E-state index contributed by atoms with van der Waals surface area (Å²) in [6.07, 6.45) is 4.65. The first-order chi connectivity index (χ1) is 16.2. The van der Waals surface area contributed by atoms with Crippen molar-refractivity contribution in [2.24, 2.45) is 0 Å². The lowest BCUT2D eigenvalue weighted by Gasteiger charge is -2.12. The Labute approximate surface area is 197 Å². The van der Waals surface area contributed by atoms with Gasteiger partial charge >= 0.3 is 0 Å². The van der Waals surface area contributed by atoms with Gasteiger partial charge in [0.1, 0.15) is 5.82 Å². The summed E-state index contributed by atoms with van der Waals surface area (Å²) in [4.78, 5) is 18.2. The summed E-state index contributed by atoms with van der Waals surface area (Å²) in [5.74, 6) is 0.574. The highest BCUT2D eigenvalue weighted by molar-refractivity contribution is 6.30. The molecule has 33 heavy (non-hydrogen) atoms. The van der Waals surface area contributed by atoms with Crippen LogP contribution in [0.2, 0.25) is 5.02 Å². The molecule has 0 fully saturated rings. The highest BCUT2D eigenvalue weighted by Gasteiger charge is 2.11. The van der Waals surface area contributed by atoms with Crippen molar-refractivity contribution in [3.63, 3.8) is 0 Å². The molecule has 5 rings (SSSR count). The van der Waals surface area contributed by atoms with Crippen molar-refractivity contribution in [1.29, 1.82) is 0 Å². The molecule has 0 saturated carbocycles. The molecule has 0 aliphatic heterocycles. The molecule has 0 amide bonds. The fourth-order valence-electron chi connectivity index (χ4n) is 3.85. The van der Waals surface area contributed by atoms with Crippen LogP contribution in [-0.4, -0.2) is 9.55 Å². The van der Waals surface area contributed by atoms with E-state index in [1.807, 2.05) is 91.0 Å². The summed E-state index contributed by atoms with van der Waals surface area (Å²) in [6.45, 7) is 0. The Bertz CT molecular complexity index is 1490. The fraction of sp³-hybridized carbons (Fsp3) is 0.0345. The third kappa shape index (κ3) is 4.64. The molecule has 3 nitrogen and oxygen atoms in total. The summed E-state index contributed by atoms with van der Waals surface area (Å²) in [6, 6.07) is 33.4. The standard InChI is InChI=1S/C29H21ClN2O/c30-24-15-10-21(11-16-24)14-19-28-31-27-9-5-4-8-26(27)29(33)32(28)25-17-12-23(13-18-25)20-22-6-2-1-3-7-22/h1-19H,20H2/b19-14+. The largest absolute Gasteiger partial charge is 0.268 e. The Hall–Kier alpha value is -3.95. The number of hydrogen-bond acceptors (Lipinski definition) is 2. The topological polar surface area (TPSA) is 34.9 Å². The fourth-order valence-corrected chi connectivity index (χ4v) is 3.98. The molecule has 5 aromatic rings. The first-order valence-electron chi connectivity index (χ1n) is 10.8. The molecule has 0 saturated heterocycles. The molecule has 4 heteroatoms. The van der Waals surface area contributed by atoms with Gasteiger partial charge in [-0.3, -0.25) is 9.36 Å². The maximum absolute atomic E-state index is 13.5. The first-order valence-corrected chi connectivity index (χ1v) is 11.1. The van der Waals surface area contributed by atoms with Gasteiger partial charge in [0.15, 0.2) is 0 Å². The molecule has 0 radical (unpaired) electrons. The van der Waals surface area contributed by atoms with Crippen LogP contribution in [-0.2, 0) is 6.42 Å². The molecule has 1 aromatic heterocycles. The van der Waals surface area contributed by atoms with E-state index in [4.69, 9.17) is 16.6 Å². The molecule has 0 atom stereocenters. The van der Waals surface area contributed by atoms with Crippen LogP contribution in [0.25, 0.3) is 28.7 Å². The van der Waals surface area contributed by atoms with E-state index in [2.05, 4.69) is 24.3 Å². The molecule has 160 valence electrons. The Morgan fingerprint density at radius 2 is 1.39 bits per heavy atom. The molecular formula is C29H21ClN2O. The van der Waals surface area contributed by atoms with E-state index in [0.29, 0.717) is 21.7 Å². The maximum atomic E-state index is 13.5. The SMILES string of the molecule is O=c1c2ccccc2nc(/C=C/c2ccc(Cl)cc2)n1-c1ccc(Cc2ccccc2)cc1. The van der Waals surface area contributed by atoms with E-state index in [1.165, 1.54) is 11.1 Å². The van der Waals surface area contributed by atoms with Crippen LogP contribution in [0.15, 0.2) is 108 Å². The van der Waals surface area contributed by atoms with Gasteiger partial charge < -0.3 is 0 Å². The van der Waals surface area contributed by atoms with E-state index in [9.17, 15) is 4.79 Å². The summed E-state index contributed by atoms with van der Waals surface area (Å²) in [5, 5.41) is 1.28. The number of fused-ring (bicyclic) bond motifs is 1. The lowest BCUT2D eigenvalue weighted by Crippen LogP contribution is -2.22. The van der Waals surface area contributed by atoms with E-state index < -0.39 is 0 Å². The smallest absolute Gasteiger partial charge is 0.266 e. The van der Waals surface area contributed by atoms with Gasteiger partial charge in [-0.05, 0) is 65.6 Å². The minimum atomic E-state index is -0.0906. The van der Waals surface area contributed by atoms with Gasteiger partial charge in [-0.1, -0.05) is 84.4 Å². The highest BCUT2D eigenvalue weighted by Crippen LogP contribution is 2.18. The lowest BCUT2D eigenvalue weighted by molar-refractivity contribution is 0.942. The van der Waals surface area contributed by atoms with Gasteiger partial charge in [-0.25, -0.2) is 4.98 Å². The molecule has 4 aromatic carbocycles. The lowest BCUT2D eigenvalue weighted by atomic mass is 10.0. The number of rotatable bonds is 5. The number of halogens is 1. The summed E-state index contributed by atoms with van der Waals surface area (Å²) >= 11 is 6.00. The van der Waals surface area contributed by atoms with Crippen LogP contribution < -0.4 is 5.56 Å². The van der Waals surface area contributed by atoms with Crippen molar-refractivity contribution in [2.75, 3.05) is 0 Å². The van der Waals surface area contributed by atoms with E-state index in [-0.39, 0.29) is 5.56 Å². The van der Waals surface area contributed by atoms with Crippen molar-refractivity contribution in [1.82, 2.24) is 9.55 Å². The second kappa shape index (κ2) is 9.27. The second-order valence-corrected chi connectivity index (χ2v) is 8.28. The van der Waals surface area contributed by atoms with Crippen LogP contribution in [0.5, 0.6) is 0 Å². The minimum absolute atomic E-state index is 0.0906. The predicted octanol–water partition coefficient (Wildman–Crippen LogP) is 6.80. The van der Waals surface area contributed by atoms with Gasteiger partial charge in [0.05, 0.1) is 16.6 Å². The Kier molecular flexibility index (Phi) is 5.88. The van der Waals surface area contributed by atoms with E-state index in [0.717, 1.165) is 17.7 Å². The molecule has 0 spiro atoms. The van der Waals surface area contributed by atoms with Crippen LogP contribution in [0.4, 0.5) is 0 Å². The number of hydrogen-bond donors (Lipinski definition) is 0. The Morgan fingerprint density at radius 1 is 0.727 bits per heavy atom. The zero-order valence-corrected chi connectivity index (χ0v) is 18.6. The van der Waals surface area contributed by atoms with Gasteiger partial charge in [-0.15, -0.1) is 0 Å². The van der Waals surface area contributed by atoms with Crippen molar-refractivity contribution >= 4 is 34.7 Å². The monoisotopic (exact) mass is 448 g/mol. The third-order valence-electron chi connectivity index (χ3n) is 5.54. The maximum Gasteiger partial charge on any atom is 0.266 e. The Morgan fingerprint density at radius 3 is 2.15 bits per heavy atom. The quantitative estimate of drug-likeness (QED) is 0.296. The normalized spacial score (nSPS) is 11.3. The number of benzene rings is 4. The molecule has 0 N–H and O–H groups in total. The van der Waals surface area contributed by atoms with E-state index >= 15 is 0 Å². The predicted molar refractivity (Wildman–Crippen MR) is 137 cm³/mol. The van der Waals surface area contributed by atoms with Crippen LogP contribution >= 0.6 is 11.6 Å². The van der Waals surface area contributed by atoms with Crippen LogP contribution in [0, 0.1) is 0 Å². The summed E-state index contributed by atoms with van der Waals surface area (Å²) in [5.41, 5.74) is 4.78. The molecule has 0 aliphatic rings. The average Bonchev–Trinajstić information content (AvgIpc) is 2.85. The van der Waals surface area contributed by atoms with Crippen molar-refractivity contribution < 1.29 is 0 Å². The molecule has 0 unspecified atom stereocenters.